The van der Waals surface area contributed by atoms with Gasteiger partial charge in [-0.15, -0.1) is 22.9 Å². The van der Waals surface area contributed by atoms with Crippen LogP contribution in [0.25, 0.3) is 0 Å². The minimum atomic E-state index is -0.314. The second kappa shape index (κ2) is 5.93. The molecule has 0 bridgehead atoms. The third-order valence-corrected chi connectivity index (χ3v) is 3.29. The highest BCUT2D eigenvalue weighted by Crippen LogP contribution is 2.17. The van der Waals surface area contributed by atoms with E-state index in [0.717, 1.165) is 11.3 Å². The third-order valence-electron chi connectivity index (χ3n) is 2.21. The van der Waals surface area contributed by atoms with Gasteiger partial charge in [-0.3, -0.25) is 4.79 Å². The molecule has 1 aromatic carbocycles. The summed E-state index contributed by atoms with van der Waals surface area (Å²) in [5, 5.41) is 4.99. The van der Waals surface area contributed by atoms with E-state index in [2.05, 4.69) is 10.3 Å². The summed E-state index contributed by atoms with van der Waals surface area (Å²) in [6, 6.07) is 5.83. The van der Waals surface area contributed by atoms with Gasteiger partial charge in [0, 0.05) is 5.38 Å². The average Bonchev–Trinajstić information content (AvgIpc) is 2.79. The number of hydrogen-bond donors (Lipinski definition) is 1. The van der Waals surface area contributed by atoms with Crippen LogP contribution >= 0.6 is 22.9 Å². The van der Waals surface area contributed by atoms with Crippen LogP contribution in [0.2, 0.25) is 0 Å². The van der Waals surface area contributed by atoms with Gasteiger partial charge in [0.05, 0.1) is 18.0 Å². The monoisotopic (exact) mass is 284 g/mol. The lowest BCUT2D eigenvalue weighted by molar-refractivity contribution is -0.115. The zero-order chi connectivity index (χ0) is 13.0. The molecule has 0 spiro atoms. The van der Waals surface area contributed by atoms with Crippen LogP contribution in [0.5, 0.6) is 0 Å². The van der Waals surface area contributed by atoms with E-state index >= 15 is 0 Å². The lowest BCUT2D eigenvalue weighted by atomic mass is 10.1. The Morgan fingerprint density at radius 3 is 2.72 bits per heavy atom. The lowest BCUT2D eigenvalue weighted by Gasteiger charge is -2.01. The van der Waals surface area contributed by atoms with Crippen LogP contribution in [-0.4, -0.2) is 10.9 Å². The first-order chi connectivity index (χ1) is 8.67. The molecule has 2 rings (SSSR count). The van der Waals surface area contributed by atoms with Crippen molar-refractivity contribution in [3.05, 3.63) is 46.7 Å². The molecule has 0 radical (unpaired) electrons. The zero-order valence-electron chi connectivity index (χ0n) is 9.32. The van der Waals surface area contributed by atoms with E-state index in [0.29, 0.717) is 11.0 Å². The molecule has 0 aliphatic carbocycles. The fourth-order valence-corrected chi connectivity index (χ4v) is 2.33. The van der Waals surface area contributed by atoms with Gasteiger partial charge in [0.1, 0.15) is 5.82 Å². The minimum absolute atomic E-state index is 0.183. The summed E-state index contributed by atoms with van der Waals surface area (Å²) in [4.78, 5) is 15.8. The van der Waals surface area contributed by atoms with E-state index in [1.165, 1.54) is 23.5 Å². The second-order valence-electron chi connectivity index (χ2n) is 3.63. The van der Waals surface area contributed by atoms with Gasteiger partial charge in [0.2, 0.25) is 5.91 Å². The molecule has 94 valence electrons. The molecule has 18 heavy (non-hydrogen) atoms. The van der Waals surface area contributed by atoms with Crippen LogP contribution < -0.4 is 5.32 Å². The van der Waals surface area contributed by atoms with E-state index < -0.39 is 0 Å². The molecular formula is C12H10ClFN2OS. The van der Waals surface area contributed by atoms with Crippen LogP contribution in [0, 0.1) is 5.82 Å². The van der Waals surface area contributed by atoms with Crippen LogP contribution in [-0.2, 0) is 17.1 Å². The van der Waals surface area contributed by atoms with E-state index in [9.17, 15) is 9.18 Å². The van der Waals surface area contributed by atoms with Crippen molar-refractivity contribution in [2.24, 2.45) is 0 Å². The molecule has 0 atom stereocenters. The maximum absolute atomic E-state index is 12.7. The highest BCUT2D eigenvalue weighted by molar-refractivity contribution is 7.13. The van der Waals surface area contributed by atoms with Crippen molar-refractivity contribution in [1.82, 2.24) is 4.98 Å². The molecular weight excluding hydrogens is 275 g/mol. The number of halogens is 2. The number of hydrogen-bond acceptors (Lipinski definition) is 3. The van der Waals surface area contributed by atoms with Gasteiger partial charge in [-0.25, -0.2) is 9.37 Å². The number of nitrogens with zero attached hydrogens (tertiary/aromatic N) is 1. The number of carbonyl (C=O) groups excluding carboxylic acids is 1. The van der Waals surface area contributed by atoms with Crippen molar-refractivity contribution < 1.29 is 9.18 Å². The molecule has 0 fully saturated rings. The molecule has 0 aliphatic rings. The standard InChI is InChI=1S/C12H10ClFN2OS/c13-6-10-7-18-12(15-10)16-11(17)5-8-1-3-9(14)4-2-8/h1-4,7H,5-6H2,(H,15,16,17). The summed E-state index contributed by atoms with van der Waals surface area (Å²) in [5.41, 5.74) is 1.49. The molecule has 0 unspecified atom stereocenters. The Labute approximate surface area is 113 Å². The number of thiazole rings is 1. The van der Waals surface area contributed by atoms with E-state index in [4.69, 9.17) is 11.6 Å². The van der Waals surface area contributed by atoms with Crippen LogP contribution in [0.3, 0.4) is 0 Å². The Morgan fingerprint density at radius 1 is 1.39 bits per heavy atom. The highest BCUT2D eigenvalue weighted by atomic mass is 35.5. The molecule has 0 saturated heterocycles. The Kier molecular flexibility index (Phi) is 4.28. The third kappa shape index (κ3) is 3.51. The van der Waals surface area contributed by atoms with Gasteiger partial charge in [-0.05, 0) is 17.7 Å². The SMILES string of the molecule is O=C(Cc1ccc(F)cc1)Nc1nc(CCl)cs1. The molecule has 0 saturated carbocycles. The maximum Gasteiger partial charge on any atom is 0.230 e. The number of anilines is 1. The van der Waals surface area contributed by atoms with Crippen molar-refractivity contribution in [1.29, 1.82) is 0 Å². The molecule has 1 heterocycles. The van der Waals surface area contributed by atoms with Gasteiger partial charge >= 0.3 is 0 Å². The van der Waals surface area contributed by atoms with Crippen molar-refractivity contribution in [3.8, 4) is 0 Å². The predicted octanol–water partition coefficient (Wildman–Crippen LogP) is 3.20. The Morgan fingerprint density at radius 2 is 2.11 bits per heavy atom. The first kappa shape index (κ1) is 13.0. The number of aromatic nitrogens is 1. The van der Waals surface area contributed by atoms with Crippen molar-refractivity contribution in [2.45, 2.75) is 12.3 Å². The fourth-order valence-electron chi connectivity index (χ4n) is 1.38. The largest absolute Gasteiger partial charge is 0.302 e. The molecule has 2 aromatic rings. The quantitative estimate of drug-likeness (QED) is 0.876. The summed E-state index contributed by atoms with van der Waals surface area (Å²) < 4.78 is 12.7. The number of nitrogens with one attached hydrogen (secondary N) is 1. The van der Waals surface area contributed by atoms with E-state index in [-0.39, 0.29) is 18.1 Å². The van der Waals surface area contributed by atoms with Gasteiger partial charge in [-0.1, -0.05) is 12.1 Å². The Balaban J connectivity index is 1.94. The molecule has 1 amide bonds. The van der Waals surface area contributed by atoms with Crippen molar-refractivity contribution in [3.63, 3.8) is 0 Å². The maximum atomic E-state index is 12.7. The smallest absolute Gasteiger partial charge is 0.230 e. The Hall–Kier alpha value is -1.46. The van der Waals surface area contributed by atoms with Gasteiger partial charge in [0.25, 0.3) is 0 Å². The average molecular weight is 285 g/mol. The lowest BCUT2D eigenvalue weighted by Crippen LogP contribution is -2.14. The minimum Gasteiger partial charge on any atom is -0.302 e. The molecule has 1 aromatic heterocycles. The van der Waals surface area contributed by atoms with Crippen LogP contribution in [0.15, 0.2) is 29.6 Å². The van der Waals surface area contributed by atoms with Gasteiger partial charge in [0.15, 0.2) is 5.13 Å². The normalized spacial score (nSPS) is 10.3. The summed E-state index contributed by atoms with van der Waals surface area (Å²) in [6.45, 7) is 0. The number of carbonyl (C=O) groups is 1. The first-order valence-electron chi connectivity index (χ1n) is 5.22. The predicted molar refractivity (Wildman–Crippen MR) is 70.4 cm³/mol. The summed E-state index contributed by atoms with van der Waals surface area (Å²) in [5.74, 6) is -0.174. The van der Waals surface area contributed by atoms with Crippen LogP contribution in [0.1, 0.15) is 11.3 Å². The topological polar surface area (TPSA) is 42.0 Å². The van der Waals surface area contributed by atoms with E-state index in [1.54, 1.807) is 17.5 Å². The number of rotatable bonds is 4. The number of amides is 1. The van der Waals surface area contributed by atoms with Crippen molar-refractivity contribution in [2.75, 3.05) is 5.32 Å². The number of alkyl halides is 1. The summed E-state index contributed by atoms with van der Waals surface area (Å²) in [7, 11) is 0. The summed E-state index contributed by atoms with van der Waals surface area (Å²) in [6.07, 6.45) is 0.191. The first-order valence-corrected chi connectivity index (χ1v) is 6.63. The molecule has 3 nitrogen and oxygen atoms in total. The molecule has 6 heteroatoms. The van der Waals surface area contributed by atoms with Crippen molar-refractivity contribution >= 4 is 34.0 Å². The molecule has 0 aliphatic heterocycles. The van der Waals surface area contributed by atoms with Gasteiger partial charge in [-0.2, -0.15) is 0 Å². The van der Waals surface area contributed by atoms with Crippen LogP contribution in [0.4, 0.5) is 9.52 Å². The molecule has 1 N–H and O–H groups in total. The second-order valence-corrected chi connectivity index (χ2v) is 4.75. The van der Waals surface area contributed by atoms with Gasteiger partial charge < -0.3 is 5.32 Å². The Bertz CT molecular complexity index is 541. The number of benzene rings is 1. The highest BCUT2D eigenvalue weighted by Gasteiger charge is 2.07. The van der Waals surface area contributed by atoms with E-state index in [1.807, 2.05) is 0 Å². The fraction of sp³-hybridized carbons (Fsp3) is 0.167. The zero-order valence-corrected chi connectivity index (χ0v) is 10.9. The summed E-state index contributed by atoms with van der Waals surface area (Å²) >= 11 is 6.95.